The van der Waals surface area contributed by atoms with E-state index in [1.807, 2.05) is 0 Å². The number of rotatable bonds is 1. The number of hydrogen-bond acceptors (Lipinski definition) is 3. The predicted molar refractivity (Wildman–Crippen MR) is 43.3 cm³/mol. The molecule has 0 saturated carbocycles. The molecule has 7 heteroatoms. The minimum absolute atomic E-state index is 0.216. The van der Waals surface area contributed by atoms with Crippen LogP contribution in [-0.4, -0.2) is 13.4 Å². The van der Waals surface area contributed by atoms with Crippen LogP contribution in [0.1, 0.15) is 0 Å². The Morgan fingerprint density at radius 3 is 2.58 bits per heavy atom. The Labute approximate surface area is 76.8 Å². The second-order valence-electron chi connectivity index (χ2n) is 1.98. The average molecular weight is 255 g/mol. The Bertz CT molecular complexity index is 406. The number of halogens is 2. The van der Waals surface area contributed by atoms with Gasteiger partial charge in [-0.3, -0.25) is 0 Å². The standard InChI is InChI=1S/C5H4BrFN2O2S/c6-5-1-4(12(8,10)11)3(7)2-9-5/h1-2H,(H2,8,10,11). The van der Waals surface area contributed by atoms with Gasteiger partial charge in [-0.15, -0.1) is 0 Å². The summed E-state index contributed by atoms with van der Waals surface area (Å²) < 4.78 is 34.3. The fourth-order valence-corrected chi connectivity index (χ4v) is 1.70. The highest BCUT2D eigenvalue weighted by molar-refractivity contribution is 9.10. The van der Waals surface area contributed by atoms with Crippen LogP contribution in [0.2, 0.25) is 0 Å². The zero-order chi connectivity index (χ0) is 9.35. The summed E-state index contributed by atoms with van der Waals surface area (Å²) in [6, 6.07) is 1.00. The van der Waals surface area contributed by atoms with E-state index in [4.69, 9.17) is 5.14 Å². The van der Waals surface area contributed by atoms with Crippen LogP contribution in [0.3, 0.4) is 0 Å². The Kier molecular flexibility index (Phi) is 2.45. The maximum absolute atomic E-state index is 12.7. The zero-order valence-corrected chi connectivity index (χ0v) is 8.06. The fourth-order valence-electron chi connectivity index (χ4n) is 0.614. The van der Waals surface area contributed by atoms with E-state index in [9.17, 15) is 12.8 Å². The van der Waals surface area contributed by atoms with Gasteiger partial charge in [-0.05, 0) is 22.0 Å². The van der Waals surface area contributed by atoms with Crippen molar-refractivity contribution in [2.75, 3.05) is 0 Å². The molecule has 0 aliphatic rings. The van der Waals surface area contributed by atoms with E-state index < -0.39 is 20.7 Å². The molecule has 0 aromatic carbocycles. The summed E-state index contributed by atoms with van der Waals surface area (Å²) in [4.78, 5) is 2.91. The van der Waals surface area contributed by atoms with E-state index in [1.165, 1.54) is 0 Å². The van der Waals surface area contributed by atoms with Gasteiger partial charge in [0.1, 0.15) is 9.50 Å². The van der Waals surface area contributed by atoms with Gasteiger partial charge < -0.3 is 0 Å². The quantitative estimate of drug-likeness (QED) is 0.748. The molecule has 0 atom stereocenters. The van der Waals surface area contributed by atoms with Gasteiger partial charge in [0.2, 0.25) is 10.0 Å². The van der Waals surface area contributed by atoms with Gasteiger partial charge in [0.25, 0.3) is 0 Å². The number of hydrogen-bond donors (Lipinski definition) is 1. The van der Waals surface area contributed by atoms with Crippen LogP contribution < -0.4 is 5.14 Å². The van der Waals surface area contributed by atoms with Crippen molar-refractivity contribution in [2.24, 2.45) is 5.14 Å². The maximum atomic E-state index is 12.7. The molecular weight excluding hydrogens is 251 g/mol. The van der Waals surface area contributed by atoms with Gasteiger partial charge >= 0.3 is 0 Å². The van der Waals surface area contributed by atoms with Crippen LogP contribution in [-0.2, 0) is 10.0 Å². The predicted octanol–water partition coefficient (Wildman–Crippen LogP) is 0.631. The maximum Gasteiger partial charge on any atom is 0.241 e. The van der Waals surface area contributed by atoms with Crippen LogP contribution in [0.25, 0.3) is 0 Å². The van der Waals surface area contributed by atoms with Crippen molar-refractivity contribution in [3.63, 3.8) is 0 Å². The van der Waals surface area contributed by atoms with Crippen molar-refractivity contribution in [3.8, 4) is 0 Å². The molecule has 0 spiro atoms. The van der Waals surface area contributed by atoms with Crippen LogP contribution >= 0.6 is 15.9 Å². The van der Waals surface area contributed by atoms with Gasteiger partial charge in [-0.1, -0.05) is 0 Å². The van der Waals surface area contributed by atoms with Crippen LogP contribution in [0.5, 0.6) is 0 Å². The molecule has 0 saturated heterocycles. The average Bonchev–Trinajstić information content (AvgIpc) is 1.92. The minimum Gasteiger partial charge on any atom is -0.246 e. The molecular formula is C5H4BrFN2O2S. The second kappa shape index (κ2) is 3.08. The number of sulfonamides is 1. The van der Waals surface area contributed by atoms with Gasteiger partial charge in [0.15, 0.2) is 5.82 Å². The molecule has 1 rings (SSSR count). The highest BCUT2D eigenvalue weighted by Gasteiger charge is 2.14. The molecule has 0 bridgehead atoms. The van der Waals surface area contributed by atoms with Crippen molar-refractivity contribution < 1.29 is 12.8 Å². The second-order valence-corrected chi connectivity index (χ2v) is 4.32. The first-order valence-electron chi connectivity index (χ1n) is 2.75. The third kappa shape index (κ3) is 1.99. The summed E-state index contributed by atoms with van der Waals surface area (Å²) in [5.74, 6) is -0.958. The monoisotopic (exact) mass is 254 g/mol. The van der Waals surface area contributed by atoms with E-state index in [-0.39, 0.29) is 4.60 Å². The van der Waals surface area contributed by atoms with Crippen molar-refractivity contribution in [1.82, 2.24) is 4.98 Å². The van der Waals surface area contributed by atoms with Gasteiger partial charge in [-0.2, -0.15) is 0 Å². The van der Waals surface area contributed by atoms with Crippen LogP contribution in [0.15, 0.2) is 21.8 Å². The van der Waals surface area contributed by atoms with Crippen molar-refractivity contribution in [2.45, 2.75) is 4.90 Å². The molecule has 12 heavy (non-hydrogen) atoms. The van der Waals surface area contributed by atoms with Gasteiger partial charge in [0, 0.05) is 0 Å². The summed E-state index contributed by atoms with van der Waals surface area (Å²) in [5.41, 5.74) is 0. The lowest BCUT2D eigenvalue weighted by atomic mass is 10.5. The number of nitrogens with two attached hydrogens (primary N) is 1. The molecule has 1 heterocycles. The van der Waals surface area contributed by atoms with E-state index in [1.54, 1.807) is 0 Å². The lowest BCUT2D eigenvalue weighted by Gasteiger charge is -1.98. The SMILES string of the molecule is NS(=O)(=O)c1cc(Br)ncc1F. The van der Waals surface area contributed by atoms with E-state index in [0.717, 1.165) is 12.3 Å². The van der Waals surface area contributed by atoms with Gasteiger partial charge in [0.05, 0.1) is 6.20 Å². The molecule has 2 N–H and O–H groups in total. The molecule has 0 radical (unpaired) electrons. The lowest BCUT2D eigenvalue weighted by Crippen LogP contribution is -2.14. The Morgan fingerprint density at radius 1 is 1.58 bits per heavy atom. The van der Waals surface area contributed by atoms with E-state index >= 15 is 0 Å². The lowest BCUT2D eigenvalue weighted by molar-refractivity contribution is 0.563. The molecule has 0 unspecified atom stereocenters. The summed E-state index contributed by atoms with van der Waals surface area (Å²) >= 11 is 2.89. The minimum atomic E-state index is -4.00. The summed E-state index contributed by atoms with van der Waals surface area (Å²) in [6.45, 7) is 0. The summed E-state index contributed by atoms with van der Waals surface area (Å²) in [6.07, 6.45) is 0.782. The Morgan fingerprint density at radius 2 is 2.17 bits per heavy atom. The Balaban J connectivity index is 3.43. The first-order chi connectivity index (χ1) is 5.41. The molecule has 66 valence electrons. The molecule has 0 aliphatic carbocycles. The third-order valence-electron chi connectivity index (χ3n) is 1.09. The van der Waals surface area contributed by atoms with Crippen LogP contribution in [0, 0.1) is 5.82 Å². The largest absolute Gasteiger partial charge is 0.246 e. The van der Waals surface area contributed by atoms with E-state index in [2.05, 4.69) is 20.9 Å². The van der Waals surface area contributed by atoms with E-state index in [0.29, 0.717) is 0 Å². The van der Waals surface area contributed by atoms with Crippen molar-refractivity contribution in [3.05, 3.63) is 22.7 Å². The summed E-state index contributed by atoms with van der Waals surface area (Å²) in [5, 5.41) is 4.71. The Hall–Kier alpha value is -0.530. The molecule has 0 aliphatic heterocycles. The molecule has 0 fully saturated rings. The number of nitrogens with zero attached hydrogens (tertiary/aromatic N) is 1. The fraction of sp³-hybridized carbons (Fsp3) is 0. The molecule has 4 nitrogen and oxygen atoms in total. The highest BCUT2D eigenvalue weighted by Crippen LogP contribution is 2.15. The molecule has 1 aromatic heterocycles. The highest BCUT2D eigenvalue weighted by atomic mass is 79.9. The molecule has 0 amide bonds. The zero-order valence-electron chi connectivity index (χ0n) is 5.66. The van der Waals surface area contributed by atoms with Crippen molar-refractivity contribution >= 4 is 26.0 Å². The number of pyridine rings is 1. The normalized spacial score (nSPS) is 11.6. The van der Waals surface area contributed by atoms with Gasteiger partial charge in [-0.25, -0.2) is 22.9 Å². The molecule has 1 aromatic rings. The van der Waals surface area contributed by atoms with Crippen molar-refractivity contribution in [1.29, 1.82) is 0 Å². The van der Waals surface area contributed by atoms with Crippen LogP contribution in [0.4, 0.5) is 4.39 Å². The summed E-state index contributed by atoms with van der Waals surface area (Å²) in [7, 11) is -4.00. The topological polar surface area (TPSA) is 73.1 Å². The number of aromatic nitrogens is 1. The first kappa shape index (κ1) is 9.56. The third-order valence-corrected chi connectivity index (χ3v) is 2.45. The number of primary sulfonamides is 1. The first-order valence-corrected chi connectivity index (χ1v) is 5.09. The smallest absolute Gasteiger partial charge is 0.241 e.